The van der Waals surface area contributed by atoms with Crippen molar-refractivity contribution in [1.29, 1.82) is 0 Å². The summed E-state index contributed by atoms with van der Waals surface area (Å²) in [5, 5.41) is 37.0. The molecule has 1 aliphatic rings. The third-order valence-corrected chi connectivity index (χ3v) is 6.28. The van der Waals surface area contributed by atoms with E-state index in [2.05, 4.69) is 17.2 Å². The summed E-state index contributed by atoms with van der Waals surface area (Å²) < 4.78 is 5.61. The molecule has 36 heavy (non-hydrogen) atoms. The molecule has 0 spiro atoms. The van der Waals surface area contributed by atoms with E-state index in [1.165, 1.54) is 60.7 Å². The van der Waals surface area contributed by atoms with E-state index < -0.39 is 47.0 Å². The van der Waals surface area contributed by atoms with Crippen LogP contribution in [-0.2, 0) is 4.74 Å². The van der Waals surface area contributed by atoms with Gasteiger partial charge < -0.3 is 20.1 Å². The summed E-state index contributed by atoms with van der Waals surface area (Å²) in [6.45, 7) is 0. The average Bonchev–Trinajstić information content (AvgIpc) is 3.16. The van der Waals surface area contributed by atoms with E-state index in [1.807, 2.05) is 5.16 Å². The van der Waals surface area contributed by atoms with Gasteiger partial charge in [-0.25, -0.2) is 0 Å². The Hall–Kier alpha value is -3.69. The molecule has 3 N–H and O–H groups in total. The molecule has 9 heteroatoms. The van der Waals surface area contributed by atoms with Crippen LogP contribution in [0.2, 0.25) is 0 Å². The Morgan fingerprint density at radius 3 is 1.64 bits per heavy atom. The minimum atomic E-state index is -3.15. The van der Waals surface area contributed by atoms with Gasteiger partial charge in [-0.05, 0) is 12.2 Å². The van der Waals surface area contributed by atoms with Gasteiger partial charge in [0, 0.05) is 16.7 Å². The smallest absolute Gasteiger partial charge is 0.214 e. The molecule has 0 bridgehead atoms. The lowest BCUT2D eigenvalue weighted by molar-refractivity contribution is -0.105. The van der Waals surface area contributed by atoms with Crippen LogP contribution >= 0.6 is 12.2 Å². The van der Waals surface area contributed by atoms with E-state index in [1.54, 1.807) is 30.3 Å². The number of nitrogens with zero attached hydrogens (tertiary/aromatic N) is 1. The molecule has 1 fully saturated rings. The van der Waals surface area contributed by atoms with Gasteiger partial charge in [0.2, 0.25) is 17.2 Å². The van der Waals surface area contributed by atoms with Gasteiger partial charge in [0.05, 0.1) is 5.16 Å². The fraction of sp³-hybridized carbons (Fsp3) is 0.185. The molecule has 4 rings (SSSR count). The van der Waals surface area contributed by atoms with Crippen molar-refractivity contribution in [3.63, 3.8) is 0 Å². The number of hydrogen-bond donors (Lipinski definition) is 3. The molecular formula is C27H21NO7S. The normalized spacial score (nSPS) is 26.0. The number of aliphatic imine (C=N–C) groups is 1. The summed E-state index contributed by atoms with van der Waals surface area (Å²) in [5.41, 5.74) is -6.33. The third kappa shape index (κ3) is 4.04. The van der Waals surface area contributed by atoms with Crippen molar-refractivity contribution >= 4 is 34.7 Å². The minimum Gasteiger partial charge on any atom is -0.382 e. The number of aliphatic hydroxyl groups is 3. The summed E-state index contributed by atoms with van der Waals surface area (Å²) in [5.74, 6) is -3.17. The lowest BCUT2D eigenvalue weighted by Gasteiger charge is -2.38. The number of aliphatic hydroxyl groups excluding tert-OH is 1. The van der Waals surface area contributed by atoms with E-state index >= 15 is 0 Å². The second kappa shape index (κ2) is 10.1. The maximum atomic E-state index is 13.8. The lowest BCUT2D eigenvalue weighted by Crippen LogP contribution is -2.69. The Bertz CT molecular complexity index is 1330. The molecule has 1 saturated heterocycles. The minimum absolute atomic E-state index is 0.0582. The zero-order chi connectivity index (χ0) is 25.9. The molecule has 0 aliphatic carbocycles. The van der Waals surface area contributed by atoms with Crippen LogP contribution in [0, 0.1) is 0 Å². The number of hydrogen-bond acceptors (Lipinski definition) is 9. The summed E-state index contributed by atoms with van der Waals surface area (Å²) in [6, 6.07) is 22.4. The standard InChI is InChI=1S/C27H21NO7S/c29-20(17-10-4-1-5-11-17)21(30)24-26(33,22(31)18-12-6-2-7-13-18)27(34,25(35-24)28-16-36)23(32)19-14-8-3-9-15-19/h1-15,21,24-25,30,33-34H/t21?,24-,25?,26-,27+/m1/s1. The molecule has 0 radical (unpaired) electrons. The number of thiocarbonyl (C=S) groups is 1. The molecule has 0 saturated carbocycles. The summed E-state index contributed by atoms with van der Waals surface area (Å²) in [6.07, 6.45) is -6.21. The van der Waals surface area contributed by atoms with Crippen LogP contribution in [0.15, 0.2) is 96.0 Å². The van der Waals surface area contributed by atoms with Crippen molar-refractivity contribution in [2.45, 2.75) is 29.6 Å². The maximum absolute atomic E-state index is 13.8. The van der Waals surface area contributed by atoms with Crippen LogP contribution in [0.4, 0.5) is 0 Å². The largest absolute Gasteiger partial charge is 0.382 e. The highest BCUT2D eigenvalue weighted by Gasteiger charge is 2.75. The zero-order valence-electron chi connectivity index (χ0n) is 18.7. The quantitative estimate of drug-likeness (QED) is 0.242. The summed E-state index contributed by atoms with van der Waals surface area (Å²) >= 11 is 4.65. The topological polar surface area (TPSA) is 133 Å². The first-order valence-electron chi connectivity index (χ1n) is 10.9. The molecule has 1 heterocycles. The predicted molar refractivity (Wildman–Crippen MR) is 132 cm³/mol. The lowest BCUT2D eigenvalue weighted by atomic mass is 9.69. The fourth-order valence-electron chi connectivity index (χ4n) is 4.33. The van der Waals surface area contributed by atoms with Crippen molar-refractivity contribution in [1.82, 2.24) is 0 Å². The number of Topliss-reactive ketones (excluding diaryl/α,β-unsaturated/α-hetero) is 3. The van der Waals surface area contributed by atoms with Gasteiger partial charge in [-0.3, -0.25) is 14.4 Å². The van der Waals surface area contributed by atoms with Crippen LogP contribution in [0.25, 0.3) is 0 Å². The second-order valence-electron chi connectivity index (χ2n) is 8.23. The Labute approximate surface area is 211 Å². The number of carbonyl (C=O) groups excluding carboxylic acids is 3. The van der Waals surface area contributed by atoms with Crippen LogP contribution in [0.3, 0.4) is 0 Å². The molecule has 0 amide bonds. The molecular weight excluding hydrogens is 482 g/mol. The van der Waals surface area contributed by atoms with Crippen LogP contribution < -0.4 is 0 Å². The van der Waals surface area contributed by atoms with E-state index in [-0.39, 0.29) is 16.7 Å². The Balaban J connectivity index is 1.92. The number of ketones is 3. The maximum Gasteiger partial charge on any atom is 0.214 e. The van der Waals surface area contributed by atoms with E-state index in [0.717, 1.165) is 0 Å². The van der Waals surface area contributed by atoms with Gasteiger partial charge in [0.1, 0.15) is 12.2 Å². The van der Waals surface area contributed by atoms with Crippen LogP contribution in [0.5, 0.6) is 0 Å². The van der Waals surface area contributed by atoms with Crippen LogP contribution in [0.1, 0.15) is 31.1 Å². The number of carbonyl (C=O) groups is 3. The molecule has 3 aromatic carbocycles. The van der Waals surface area contributed by atoms with Crippen molar-refractivity contribution in [2.24, 2.45) is 4.99 Å². The monoisotopic (exact) mass is 503 g/mol. The Morgan fingerprint density at radius 1 is 0.778 bits per heavy atom. The van der Waals surface area contributed by atoms with E-state index in [4.69, 9.17) is 4.74 Å². The summed E-state index contributed by atoms with van der Waals surface area (Å²) in [7, 11) is 0. The van der Waals surface area contributed by atoms with Gasteiger partial charge in [-0.2, -0.15) is 4.99 Å². The van der Waals surface area contributed by atoms with Gasteiger partial charge >= 0.3 is 0 Å². The van der Waals surface area contributed by atoms with E-state index in [0.29, 0.717) is 0 Å². The third-order valence-electron chi connectivity index (χ3n) is 6.17. The SMILES string of the molecule is O=C(c1ccccc1)C(O)[C@H]1OC(N=C=S)[C@@](O)(C(=O)c2ccccc2)[C@@]1(O)C(=O)c1ccccc1. The van der Waals surface area contributed by atoms with Gasteiger partial charge in [-0.15, -0.1) is 0 Å². The molecule has 0 aromatic heterocycles. The molecule has 2 unspecified atom stereocenters. The first-order valence-corrected chi connectivity index (χ1v) is 11.3. The van der Waals surface area contributed by atoms with Crippen molar-refractivity contribution in [3.05, 3.63) is 108 Å². The highest BCUT2D eigenvalue weighted by molar-refractivity contribution is 7.78. The predicted octanol–water partition coefficient (Wildman–Crippen LogP) is 2.29. The molecule has 182 valence electrons. The second-order valence-corrected chi connectivity index (χ2v) is 8.41. The number of isothiocyanates is 1. The van der Waals surface area contributed by atoms with E-state index in [9.17, 15) is 29.7 Å². The fourth-order valence-corrected chi connectivity index (χ4v) is 4.43. The van der Waals surface area contributed by atoms with Crippen LogP contribution in [-0.4, -0.2) is 67.5 Å². The molecule has 5 atom stereocenters. The first kappa shape index (κ1) is 25.4. The highest BCUT2D eigenvalue weighted by Crippen LogP contribution is 2.46. The number of ether oxygens (including phenoxy) is 1. The Morgan fingerprint density at radius 2 is 1.19 bits per heavy atom. The Kier molecular flexibility index (Phi) is 7.14. The van der Waals surface area contributed by atoms with Gasteiger partial charge in [0.25, 0.3) is 0 Å². The number of rotatable bonds is 8. The van der Waals surface area contributed by atoms with Crippen molar-refractivity contribution in [2.75, 3.05) is 0 Å². The van der Waals surface area contributed by atoms with Gasteiger partial charge in [-0.1, -0.05) is 91.0 Å². The van der Waals surface area contributed by atoms with Crippen molar-refractivity contribution < 1.29 is 34.4 Å². The van der Waals surface area contributed by atoms with Gasteiger partial charge in [0.15, 0.2) is 17.6 Å². The van der Waals surface area contributed by atoms with Crippen molar-refractivity contribution in [3.8, 4) is 0 Å². The molecule has 1 aliphatic heterocycles. The molecule has 3 aromatic rings. The highest BCUT2D eigenvalue weighted by atomic mass is 32.1. The molecule has 8 nitrogen and oxygen atoms in total. The zero-order valence-corrected chi connectivity index (χ0v) is 19.5. The average molecular weight is 504 g/mol. The number of benzene rings is 3. The summed E-state index contributed by atoms with van der Waals surface area (Å²) in [4.78, 5) is 44.3. The first-order chi connectivity index (χ1) is 17.3.